The van der Waals surface area contributed by atoms with Gasteiger partial charge < -0.3 is 15.0 Å². The Kier molecular flexibility index (Phi) is 6.22. The highest BCUT2D eigenvalue weighted by Crippen LogP contribution is 2.22. The van der Waals surface area contributed by atoms with Crippen LogP contribution in [0.3, 0.4) is 0 Å². The summed E-state index contributed by atoms with van der Waals surface area (Å²) >= 11 is 2.95. The molecule has 0 spiro atoms. The molecule has 0 saturated carbocycles. The maximum Gasteiger partial charge on any atom is 0.273 e. The van der Waals surface area contributed by atoms with Gasteiger partial charge in [0, 0.05) is 18.3 Å². The van der Waals surface area contributed by atoms with Crippen molar-refractivity contribution in [2.75, 3.05) is 26.0 Å². The number of H-pyrrole nitrogens is 1. The van der Waals surface area contributed by atoms with Gasteiger partial charge in [0.15, 0.2) is 5.82 Å². The van der Waals surface area contributed by atoms with E-state index in [0.29, 0.717) is 37.1 Å². The van der Waals surface area contributed by atoms with Gasteiger partial charge in [-0.3, -0.25) is 14.7 Å². The minimum absolute atomic E-state index is 0.160. The molecule has 2 N–H and O–H groups in total. The number of carbonyl (C=O) groups excluding carboxylic acids is 2. The Labute approximate surface area is 158 Å². The Balaban J connectivity index is 1.59. The first-order valence-corrected chi connectivity index (χ1v) is 10.2. The molecule has 1 saturated heterocycles. The smallest absolute Gasteiger partial charge is 0.273 e. The summed E-state index contributed by atoms with van der Waals surface area (Å²) in [4.78, 5) is 35.2. The Hall–Kier alpha value is -1.98. The summed E-state index contributed by atoms with van der Waals surface area (Å²) < 4.78 is 6.31. The molecular weight excluding hydrogens is 376 g/mol. The Morgan fingerprint density at radius 3 is 3.04 bits per heavy atom. The van der Waals surface area contributed by atoms with Crippen LogP contribution in [0.2, 0.25) is 0 Å². The van der Waals surface area contributed by atoms with Gasteiger partial charge in [-0.1, -0.05) is 11.8 Å². The molecule has 1 aliphatic heterocycles. The van der Waals surface area contributed by atoms with Crippen LogP contribution in [0, 0.1) is 6.92 Å². The third kappa shape index (κ3) is 4.59. The van der Waals surface area contributed by atoms with E-state index in [1.807, 2.05) is 6.26 Å². The zero-order valence-electron chi connectivity index (χ0n) is 14.5. The van der Waals surface area contributed by atoms with E-state index < -0.39 is 0 Å². The molecule has 9 nitrogen and oxygen atoms in total. The summed E-state index contributed by atoms with van der Waals surface area (Å²) in [6, 6.07) is -0.315. The number of carbonyl (C=O) groups is 2. The van der Waals surface area contributed by atoms with Crippen molar-refractivity contribution in [1.29, 1.82) is 0 Å². The number of amides is 2. The molecule has 140 valence electrons. The van der Waals surface area contributed by atoms with Crippen LogP contribution in [0.4, 0.5) is 0 Å². The van der Waals surface area contributed by atoms with Gasteiger partial charge in [-0.2, -0.15) is 5.10 Å². The number of thioether (sulfide) groups is 1. The maximum atomic E-state index is 12.8. The fourth-order valence-corrected chi connectivity index (χ4v) is 3.86. The van der Waals surface area contributed by atoms with Crippen molar-refractivity contribution in [1.82, 2.24) is 30.4 Å². The number of aromatic nitrogens is 4. The first-order valence-electron chi connectivity index (χ1n) is 8.09. The lowest BCUT2D eigenvalue weighted by atomic mass is 10.1. The van der Waals surface area contributed by atoms with Crippen LogP contribution in [0.25, 0.3) is 0 Å². The molecule has 11 heteroatoms. The third-order valence-corrected chi connectivity index (χ3v) is 5.74. The Morgan fingerprint density at radius 2 is 2.35 bits per heavy atom. The number of aromatic amines is 1. The zero-order chi connectivity index (χ0) is 18.5. The van der Waals surface area contributed by atoms with E-state index in [9.17, 15) is 9.59 Å². The van der Waals surface area contributed by atoms with Crippen LogP contribution in [0.1, 0.15) is 28.6 Å². The summed E-state index contributed by atoms with van der Waals surface area (Å²) in [6.07, 6.45) is 2.08. The normalized spacial score (nSPS) is 17.3. The van der Waals surface area contributed by atoms with Crippen LogP contribution in [0.15, 0.2) is 9.72 Å². The van der Waals surface area contributed by atoms with Gasteiger partial charge in [0.2, 0.25) is 5.91 Å². The van der Waals surface area contributed by atoms with E-state index in [2.05, 4.69) is 25.5 Å². The lowest BCUT2D eigenvalue weighted by Gasteiger charge is -2.34. The van der Waals surface area contributed by atoms with Crippen molar-refractivity contribution in [3.8, 4) is 0 Å². The van der Waals surface area contributed by atoms with E-state index in [1.165, 1.54) is 23.1 Å². The molecule has 0 unspecified atom stereocenters. The molecular formula is C15H20N6O3S2. The fraction of sp³-hybridized carbons (Fsp3) is 0.533. The maximum absolute atomic E-state index is 12.8. The molecule has 3 heterocycles. The van der Waals surface area contributed by atoms with Gasteiger partial charge in [0.05, 0.1) is 25.8 Å². The summed E-state index contributed by atoms with van der Waals surface area (Å²) in [5.74, 6) is 0.881. The van der Waals surface area contributed by atoms with Crippen molar-refractivity contribution in [3.05, 3.63) is 22.7 Å². The fourth-order valence-electron chi connectivity index (χ4n) is 2.62. The number of hydrogen-bond donors (Lipinski definition) is 2. The van der Waals surface area contributed by atoms with Crippen LogP contribution < -0.4 is 5.32 Å². The quantitative estimate of drug-likeness (QED) is 0.696. The predicted octanol–water partition coefficient (Wildman–Crippen LogP) is 0.839. The molecule has 2 aromatic rings. The van der Waals surface area contributed by atoms with Gasteiger partial charge in [0.1, 0.15) is 15.9 Å². The second-order valence-corrected chi connectivity index (χ2v) is 7.66. The summed E-state index contributed by atoms with van der Waals surface area (Å²) in [6.45, 7) is 3.28. The minimum atomic E-state index is -0.315. The highest BCUT2D eigenvalue weighted by atomic mass is 32.2. The molecule has 2 aromatic heterocycles. The topological polar surface area (TPSA) is 113 Å². The second kappa shape index (κ2) is 8.60. The monoisotopic (exact) mass is 396 g/mol. The second-order valence-electron chi connectivity index (χ2n) is 5.75. The molecule has 1 atom stereocenters. The lowest BCUT2D eigenvalue weighted by Crippen LogP contribution is -2.50. The predicted molar refractivity (Wildman–Crippen MR) is 97.1 cm³/mol. The Bertz CT molecular complexity index is 777. The molecule has 1 aliphatic rings. The zero-order valence-corrected chi connectivity index (χ0v) is 16.2. The van der Waals surface area contributed by atoms with Crippen LogP contribution in [-0.2, 0) is 16.1 Å². The average molecular weight is 396 g/mol. The number of morpholine rings is 1. The van der Waals surface area contributed by atoms with Crippen molar-refractivity contribution in [2.24, 2.45) is 0 Å². The highest BCUT2D eigenvalue weighted by molar-refractivity contribution is 8.00. The van der Waals surface area contributed by atoms with E-state index in [1.54, 1.807) is 17.2 Å². The van der Waals surface area contributed by atoms with Gasteiger partial charge in [-0.15, -0.1) is 11.3 Å². The van der Waals surface area contributed by atoms with E-state index in [-0.39, 0.29) is 30.8 Å². The number of ether oxygens (including phenoxy) is 1. The molecule has 26 heavy (non-hydrogen) atoms. The van der Waals surface area contributed by atoms with Crippen LogP contribution in [-0.4, -0.2) is 68.9 Å². The van der Waals surface area contributed by atoms with Gasteiger partial charge in [-0.25, -0.2) is 9.97 Å². The number of nitrogens with zero attached hydrogens (tertiary/aromatic N) is 4. The van der Waals surface area contributed by atoms with E-state index >= 15 is 0 Å². The first-order chi connectivity index (χ1) is 12.6. The summed E-state index contributed by atoms with van der Waals surface area (Å²) in [7, 11) is 0. The molecule has 0 radical (unpaired) electrons. The van der Waals surface area contributed by atoms with Gasteiger partial charge >= 0.3 is 0 Å². The van der Waals surface area contributed by atoms with Crippen LogP contribution >= 0.6 is 23.1 Å². The largest absolute Gasteiger partial charge is 0.377 e. The van der Waals surface area contributed by atoms with Crippen molar-refractivity contribution in [3.63, 3.8) is 0 Å². The first kappa shape index (κ1) is 18.8. The van der Waals surface area contributed by atoms with Gasteiger partial charge in [-0.05, 0) is 13.2 Å². The highest BCUT2D eigenvalue weighted by Gasteiger charge is 2.31. The van der Waals surface area contributed by atoms with Crippen molar-refractivity contribution in [2.45, 2.75) is 30.3 Å². The number of hydrogen-bond acceptors (Lipinski definition) is 8. The SMILES string of the molecule is CSc1nc(C(=O)N2CCOC[C@@H]2CC(=O)NCc2n[nH]c(C)n2)cs1. The summed E-state index contributed by atoms with van der Waals surface area (Å²) in [5, 5.41) is 11.2. The van der Waals surface area contributed by atoms with Crippen LogP contribution in [0.5, 0.6) is 0 Å². The molecule has 0 bridgehead atoms. The van der Waals surface area contributed by atoms with E-state index in [4.69, 9.17) is 4.74 Å². The standard InChI is InChI=1S/C15H20N6O3S2/c1-9-17-12(20-19-9)6-16-13(22)5-10-7-24-4-3-21(10)14(23)11-8-26-15(18-11)25-2/h8,10H,3-7H2,1-2H3,(H,16,22)(H,17,19,20)/t10-/m0/s1. The van der Waals surface area contributed by atoms with Gasteiger partial charge in [0.25, 0.3) is 5.91 Å². The third-order valence-electron chi connectivity index (χ3n) is 3.87. The van der Waals surface area contributed by atoms with Crippen molar-refractivity contribution >= 4 is 34.9 Å². The minimum Gasteiger partial charge on any atom is -0.377 e. The number of nitrogens with one attached hydrogen (secondary N) is 2. The number of aryl methyl sites for hydroxylation is 1. The average Bonchev–Trinajstić information content (AvgIpc) is 3.28. The molecule has 3 rings (SSSR count). The molecule has 0 aliphatic carbocycles. The van der Waals surface area contributed by atoms with Crippen molar-refractivity contribution < 1.29 is 14.3 Å². The summed E-state index contributed by atoms with van der Waals surface area (Å²) in [5.41, 5.74) is 0.419. The lowest BCUT2D eigenvalue weighted by molar-refractivity contribution is -0.123. The Morgan fingerprint density at radius 1 is 1.50 bits per heavy atom. The molecule has 0 aromatic carbocycles. The molecule has 1 fully saturated rings. The number of thiazole rings is 1. The molecule has 2 amide bonds. The number of rotatable bonds is 6. The van der Waals surface area contributed by atoms with E-state index in [0.717, 1.165) is 4.34 Å².